The van der Waals surface area contributed by atoms with Crippen molar-refractivity contribution in [3.8, 4) is 0 Å². The molecule has 0 aliphatic rings. The molecule has 0 amide bonds. The average Bonchev–Trinajstić information content (AvgIpc) is 2.20. The highest BCUT2D eigenvalue weighted by Crippen LogP contribution is 2.09. The van der Waals surface area contributed by atoms with Gasteiger partial charge in [-0.25, -0.2) is 4.79 Å². The van der Waals surface area contributed by atoms with Crippen molar-refractivity contribution >= 4 is 11.5 Å². The van der Waals surface area contributed by atoms with Crippen LogP contribution in [-0.4, -0.2) is 20.9 Å². The summed E-state index contributed by atoms with van der Waals surface area (Å²) in [6.45, 7) is 2.47. The zero-order chi connectivity index (χ0) is 13.0. The van der Waals surface area contributed by atoms with Gasteiger partial charge < -0.3 is 10.1 Å². The number of aliphatic hydroxyl groups excluding tert-OH is 1. The quantitative estimate of drug-likeness (QED) is 0.403. The molecule has 8 heteroatoms. The van der Waals surface area contributed by atoms with Gasteiger partial charge in [0.05, 0.1) is 0 Å². The van der Waals surface area contributed by atoms with E-state index in [9.17, 15) is 14.4 Å². The lowest BCUT2D eigenvalue weighted by molar-refractivity contribution is -0.113. The maximum Gasteiger partial charge on any atom is 0.325 e. The zero-order valence-electron chi connectivity index (χ0n) is 9.14. The van der Waals surface area contributed by atoms with Crippen molar-refractivity contribution in [1.29, 1.82) is 0 Å². The van der Waals surface area contributed by atoms with Gasteiger partial charge in [0, 0.05) is 13.1 Å². The van der Waals surface area contributed by atoms with E-state index in [4.69, 9.17) is 5.11 Å². The van der Waals surface area contributed by atoms with Crippen LogP contribution in [0, 0.1) is 0 Å². The Morgan fingerprint density at radius 3 is 2.47 bits per heavy atom. The van der Waals surface area contributed by atoms with Gasteiger partial charge in [0.25, 0.3) is 5.56 Å². The van der Waals surface area contributed by atoms with E-state index < -0.39 is 17.0 Å². The number of ketones is 1. The minimum absolute atomic E-state index is 0.176. The molecule has 0 radical (unpaired) electrons. The average molecular weight is 238 g/mol. The Morgan fingerprint density at radius 1 is 1.35 bits per heavy atom. The van der Waals surface area contributed by atoms with Crippen LogP contribution in [0.15, 0.2) is 37.5 Å². The number of nitrogens with one attached hydrogen (secondary N) is 2. The molecule has 17 heavy (non-hydrogen) atoms. The normalized spacial score (nSPS) is 12.6. The molecular weight excluding hydrogens is 228 g/mol. The Hall–Kier alpha value is -2.51. The highest BCUT2D eigenvalue weighted by Gasteiger charge is 2.07. The van der Waals surface area contributed by atoms with E-state index in [1.165, 1.54) is 13.8 Å². The number of rotatable bonds is 3. The molecule has 0 atom stereocenters. The summed E-state index contributed by atoms with van der Waals surface area (Å²) in [5.41, 5.74) is -1.84. The van der Waals surface area contributed by atoms with Gasteiger partial charge in [-0.1, -0.05) is 0 Å². The number of H-pyrrole nitrogens is 2. The number of nitrogens with zero attached hydrogens (tertiary/aromatic N) is 2. The maximum absolute atomic E-state index is 11.2. The summed E-state index contributed by atoms with van der Waals surface area (Å²) in [5.74, 6) is -0.795. The summed E-state index contributed by atoms with van der Waals surface area (Å²) in [6, 6.07) is 0. The number of carbonyl (C=O) groups excluding carboxylic acids is 1. The second kappa shape index (κ2) is 5.01. The molecule has 0 saturated heterocycles. The van der Waals surface area contributed by atoms with Crippen molar-refractivity contribution in [3.63, 3.8) is 0 Å². The van der Waals surface area contributed by atoms with Crippen LogP contribution in [0.5, 0.6) is 0 Å². The number of hydrogen-bond acceptors (Lipinski definition) is 6. The molecule has 0 aliphatic heterocycles. The van der Waals surface area contributed by atoms with Gasteiger partial charge in [-0.15, -0.1) is 10.2 Å². The van der Waals surface area contributed by atoms with Crippen LogP contribution in [0.25, 0.3) is 0 Å². The largest absolute Gasteiger partial charge is 0.510 e. The lowest BCUT2D eigenvalue weighted by Gasteiger charge is -1.95. The molecule has 0 bridgehead atoms. The van der Waals surface area contributed by atoms with Gasteiger partial charge in [0.15, 0.2) is 17.2 Å². The molecule has 0 aromatic carbocycles. The second-order valence-corrected chi connectivity index (χ2v) is 3.15. The van der Waals surface area contributed by atoms with Crippen molar-refractivity contribution in [1.82, 2.24) is 9.97 Å². The summed E-state index contributed by atoms with van der Waals surface area (Å²) in [4.78, 5) is 37.1. The summed E-state index contributed by atoms with van der Waals surface area (Å²) in [5, 5.41) is 16.0. The number of aliphatic hydroxyl groups is 1. The number of aromatic amines is 2. The predicted molar refractivity (Wildman–Crippen MR) is 58.2 cm³/mol. The van der Waals surface area contributed by atoms with Crippen molar-refractivity contribution in [2.45, 2.75) is 13.8 Å². The molecule has 1 aromatic heterocycles. The lowest BCUT2D eigenvalue weighted by atomic mass is 10.3. The monoisotopic (exact) mass is 238 g/mol. The van der Waals surface area contributed by atoms with Crippen LogP contribution in [0.4, 0.5) is 5.69 Å². The van der Waals surface area contributed by atoms with Crippen molar-refractivity contribution in [2.24, 2.45) is 10.2 Å². The third kappa shape index (κ3) is 3.23. The zero-order valence-corrected chi connectivity index (χ0v) is 9.14. The fourth-order valence-corrected chi connectivity index (χ4v) is 0.978. The van der Waals surface area contributed by atoms with Crippen molar-refractivity contribution < 1.29 is 9.90 Å². The summed E-state index contributed by atoms with van der Waals surface area (Å²) >= 11 is 0. The molecule has 0 fully saturated rings. The van der Waals surface area contributed by atoms with Gasteiger partial charge in [0.2, 0.25) is 0 Å². The Balaban J connectivity index is 3.14. The smallest absolute Gasteiger partial charge is 0.325 e. The van der Waals surface area contributed by atoms with Gasteiger partial charge in [0.1, 0.15) is 5.76 Å². The number of aromatic nitrogens is 2. The molecule has 0 saturated carbocycles. The van der Waals surface area contributed by atoms with Gasteiger partial charge in [-0.05, 0) is 6.92 Å². The Morgan fingerprint density at radius 2 is 2.00 bits per heavy atom. The van der Waals surface area contributed by atoms with Crippen molar-refractivity contribution in [3.05, 3.63) is 38.5 Å². The Bertz CT molecular complexity index is 604. The predicted octanol–water partition coefficient (Wildman–Crippen LogP) is 0.525. The number of carbonyl (C=O) groups is 1. The van der Waals surface area contributed by atoms with E-state index >= 15 is 0 Å². The van der Waals surface area contributed by atoms with E-state index in [2.05, 4.69) is 15.2 Å². The first-order valence-electron chi connectivity index (χ1n) is 4.56. The van der Waals surface area contributed by atoms with Gasteiger partial charge in [-0.2, -0.15) is 0 Å². The molecule has 1 heterocycles. The van der Waals surface area contributed by atoms with Crippen LogP contribution in [0.3, 0.4) is 0 Å². The lowest BCUT2D eigenvalue weighted by Crippen LogP contribution is -2.20. The highest BCUT2D eigenvalue weighted by atomic mass is 16.3. The van der Waals surface area contributed by atoms with Crippen LogP contribution in [0.1, 0.15) is 13.8 Å². The SMILES string of the molecule is CC(=O)/C(N=Nc1c[nH]c(=O)[nH]c1=O)=C(/C)O. The number of hydrogen-bond donors (Lipinski definition) is 3. The maximum atomic E-state index is 11.2. The summed E-state index contributed by atoms with van der Waals surface area (Å²) in [6.07, 6.45) is 1.05. The fourth-order valence-electron chi connectivity index (χ4n) is 0.978. The Kier molecular flexibility index (Phi) is 3.70. The van der Waals surface area contributed by atoms with Gasteiger partial charge >= 0.3 is 5.69 Å². The molecule has 0 spiro atoms. The second-order valence-electron chi connectivity index (χ2n) is 3.15. The van der Waals surface area contributed by atoms with E-state index in [-0.39, 0.29) is 17.1 Å². The van der Waals surface area contributed by atoms with E-state index in [0.717, 1.165) is 6.20 Å². The minimum Gasteiger partial charge on any atom is -0.510 e. The molecular formula is C9H10N4O4. The standard InChI is InChI=1S/C9H10N4O4/c1-4(14)7(5(2)15)13-12-6-3-10-9(17)11-8(6)16/h3,14H,1-2H3,(H2,10,11,16,17)/b7-4+,13-12?. The van der Waals surface area contributed by atoms with Crippen molar-refractivity contribution in [2.75, 3.05) is 0 Å². The molecule has 90 valence electrons. The first-order chi connectivity index (χ1) is 7.91. The first-order valence-corrected chi connectivity index (χ1v) is 4.56. The third-order valence-corrected chi connectivity index (χ3v) is 1.73. The minimum atomic E-state index is -0.740. The first kappa shape index (κ1) is 12.6. The van der Waals surface area contributed by atoms with Crippen LogP contribution >= 0.6 is 0 Å². The number of allylic oxidation sites excluding steroid dienone is 2. The number of Topliss-reactive ketones (excluding diaryl/α,β-unsaturated/α-hetero) is 1. The van der Waals surface area contributed by atoms with E-state index in [1.54, 1.807) is 0 Å². The highest BCUT2D eigenvalue weighted by molar-refractivity contribution is 5.93. The molecule has 0 unspecified atom stereocenters. The molecule has 1 aromatic rings. The van der Waals surface area contributed by atoms with Crippen LogP contribution < -0.4 is 11.2 Å². The van der Waals surface area contributed by atoms with Crippen LogP contribution in [0.2, 0.25) is 0 Å². The summed E-state index contributed by atoms with van der Waals surface area (Å²) < 4.78 is 0. The Labute approximate surface area is 94.7 Å². The number of azo groups is 1. The fraction of sp³-hybridized carbons (Fsp3) is 0.222. The van der Waals surface area contributed by atoms with E-state index in [1.807, 2.05) is 4.98 Å². The van der Waals surface area contributed by atoms with E-state index in [0.29, 0.717) is 0 Å². The molecule has 8 nitrogen and oxygen atoms in total. The molecule has 0 aliphatic carbocycles. The van der Waals surface area contributed by atoms with Crippen LogP contribution in [-0.2, 0) is 4.79 Å². The topological polar surface area (TPSA) is 128 Å². The molecule has 3 N–H and O–H groups in total. The summed E-state index contributed by atoms with van der Waals surface area (Å²) in [7, 11) is 0. The molecule has 1 rings (SSSR count). The third-order valence-electron chi connectivity index (χ3n) is 1.73. The van der Waals surface area contributed by atoms with Gasteiger partial charge in [-0.3, -0.25) is 14.6 Å².